The van der Waals surface area contributed by atoms with Crippen molar-refractivity contribution in [1.82, 2.24) is 5.32 Å². The SMILES string of the molecule is NCc1cccc(NC(=O)c2cc(Cl)cc(NC(=O)NCc3ccccc3)c2)c1. The van der Waals surface area contributed by atoms with Gasteiger partial charge in [0.05, 0.1) is 0 Å². The van der Waals surface area contributed by atoms with Gasteiger partial charge in [-0.15, -0.1) is 0 Å². The van der Waals surface area contributed by atoms with Crippen LogP contribution in [0, 0.1) is 0 Å². The van der Waals surface area contributed by atoms with Crippen molar-refractivity contribution in [1.29, 1.82) is 0 Å². The van der Waals surface area contributed by atoms with E-state index in [0.29, 0.717) is 35.1 Å². The van der Waals surface area contributed by atoms with Crippen LogP contribution in [0.1, 0.15) is 21.5 Å². The highest BCUT2D eigenvalue weighted by atomic mass is 35.5. The van der Waals surface area contributed by atoms with Crippen molar-refractivity contribution < 1.29 is 9.59 Å². The molecular formula is C22H21ClN4O2. The first-order valence-corrected chi connectivity index (χ1v) is 9.41. The Morgan fingerprint density at radius 2 is 1.59 bits per heavy atom. The molecule has 3 aromatic rings. The van der Waals surface area contributed by atoms with Gasteiger partial charge in [0.25, 0.3) is 5.91 Å². The maximum atomic E-state index is 12.6. The molecule has 0 fully saturated rings. The fraction of sp³-hybridized carbons (Fsp3) is 0.0909. The van der Waals surface area contributed by atoms with Crippen LogP contribution in [0.2, 0.25) is 5.02 Å². The number of nitrogens with two attached hydrogens (primary N) is 1. The van der Waals surface area contributed by atoms with E-state index in [4.69, 9.17) is 17.3 Å². The highest BCUT2D eigenvalue weighted by Crippen LogP contribution is 2.21. The third kappa shape index (κ3) is 6.07. The van der Waals surface area contributed by atoms with Gasteiger partial charge in [0.1, 0.15) is 0 Å². The number of carbonyl (C=O) groups is 2. The highest BCUT2D eigenvalue weighted by molar-refractivity contribution is 6.31. The van der Waals surface area contributed by atoms with E-state index in [2.05, 4.69) is 16.0 Å². The number of amides is 3. The summed E-state index contributed by atoms with van der Waals surface area (Å²) in [5.41, 5.74) is 8.90. The van der Waals surface area contributed by atoms with Crippen molar-refractivity contribution in [3.05, 3.63) is 94.5 Å². The molecule has 0 spiro atoms. The summed E-state index contributed by atoms with van der Waals surface area (Å²) in [5.74, 6) is -0.339. The highest BCUT2D eigenvalue weighted by Gasteiger charge is 2.11. The molecule has 0 atom stereocenters. The molecule has 0 unspecified atom stereocenters. The number of urea groups is 1. The smallest absolute Gasteiger partial charge is 0.319 e. The lowest BCUT2D eigenvalue weighted by Gasteiger charge is -2.11. The summed E-state index contributed by atoms with van der Waals surface area (Å²) in [6.45, 7) is 0.769. The molecule has 3 aromatic carbocycles. The summed E-state index contributed by atoms with van der Waals surface area (Å²) in [7, 11) is 0. The van der Waals surface area contributed by atoms with Crippen LogP contribution in [0.4, 0.5) is 16.2 Å². The number of nitrogens with one attached hydrogen (secondary N) is 3. The van der Waals surface area contributed by atoms with E-state index < -0.39 is 6.03 Å². The summed E-state index contributed by atoms with van der Waals surface area (Å²) in [4.78, 5) is 24.7. The number of halogens is 1. The van der Waals surface area contributed by atoms with Crippen LogP contribution in [0.25, 0.3) is 0 Å². The molecule has 0 aliphatic carbocycles. The molecule has 3 rings (SSSR count). The van der Waals surface area contributed by atoms with Gasteiger partial charge in [-0.05, 0) is 41.5 Å². The molecule has 3 amide bonds. The van der Waals surface area contributed by atoms with Gasteiger partial charge in [0.2, 0.25) is 0 Å². The lowest BCUT2D eigenvalue weighted by molar-refractivity contribution is 0.102. The maximum Gasteiger partial charge on any atom is 0.319 e. The monoisotopic (exact) mass is 408 g/mol. The Balaban J connectivity index is 1.65. The second kappa shape index (κ2) is 9.73. The second-order valence-corrected chi connectivity index (χ2v) is 6.82. The number of benzene rings is 3. The van der Waals surface area contributed by atoms with E-state index in [9.17, 15) is 9.59 Å². The first-order valence-electron chi connectivity index (χ1n) is 9.03. The summed E-state index contributed by atoms with van der Waals surface area (Å²) >= 11 is 6.13. The predicted octanol–water partition coefficient (Wildman–Crippen LogP) is 4.37. The van der Waals surface area contributed by atoms with Gasteiger partial charge in [-0.25, -0.2) is 4.79 Å². The van der Waals surface area contributed by atoms with Gasteiger partial charge in [-0.3, -0.25) is 4.79 Å². The van der Waals surface area contributed by atoms with Crippen molar-refractivity contribution in [3.8, 4) is 0 Å². The van der Waals surface area contributed by atoms with E-state index in [-0.39, 0.29) is 5.91 Å². The quantitative estimate of drug-likeness (QED) is 0.487. The number of rotatable bonds is 6. The summed E-state index contributed by atoms with van der Waals surface area (Å²) in [6, 6.07) is 21.1. The van der Waals surface area contributed by atoms with Gasteiger partial charge < -0.3 is 21.7 Å². The van der Waals surface area contributed by atoms with Crippen molar-refractivity contribution in [2.75, 3.05) is 10.6 Å². The molecule has 0 aliphatic rings. The van der Waals surface area contributed by atoms with Crippen molar-refractivity contribution in [2.24, 2.45) is 5.73 Å². The number of hydrogen-bond acceptors (Lipinski definition) is 3. The second-order valence-electron chi connectivity index (χ2n) is 6.38. The predicted molar refractivity (Wildman–Crippen MR) is 116 cm³/mol. The molecular weight excluding hydrogens is 388 g/mol. The van der Waals surface area contributed by atoms with Crippen LogP contribution in [0.3, 0.4) is 0 Å². The van der Waals surface area contributed by atoms with Crippen LogP contribution in [0.15, 0.2) is 72.8 Å². The molecule has 5 N–H and O–H groups in total. The van der Waals surface area contributed by atoms with E-state index >= 15 is 0 Å². The van der Waals surface area contributed by atoms with Crippen LogP contribution in [0.5, 0.6) is 0 Å². The molecule has 0 aliphatic heterocycles. The maximum absolute atomic E-state index is 12.6. The molecule has 0 aromatic heterocycles. The third-order valence-corrected chi connectivity index (χ3v) is 4.35. The molecule has 29 heavy (non-hydrogen) atoms. The zero-order chi connectivity index (χ0) is 20.6. The number of carbonyl (C=O) groups excluding carboxylic acids is 2. The lowest BCUT2D eigenvalue weighted by Crippen LogP contribution is -2.28. The number of hydrogen-bond donors (Lipinski definition) is 4. The normalized spacial score (nSPS) is 10.3. The van der Waals surface area contributed by atoms with Gasteiger partial charge in [-0.2, -0.15) is 0 Å². The minimum Gasteiger partial charge on any atom is -0.334 e. The minimum atomic E-state index is -0.391. The Hall–Kier alpha value is -3.35. The molecule has 0 saturated heterocycles. The van der Waals surface area contributed by atoms with Gasteiger partial charge in [0, 0.05) is 35.1 Å². The fourth-order valence-electron chi connectivity index (χ4n) is 2.73. The van der Waals surface area contributed by atoms with Crippen LogP contribution < -0.4 is 21.7 Å². The minimum absolute atomic E-state index is 0.328. The van der Waals surface area contributed by atoms with E-state index in [0.717, 1.165) is 11.1 Å². The molecule has 0 radical (unpaired) electrons. The summed E-state index contributed by atoms with van der Waals surface area (Å²) < 4.78 is 0. The number of anilines is 2. The topological polar surface area (TPSA) is 96.2 Å². The molecule has 7 heteroatoms. The van der Waals surface area contributed by atoms with Gasteiger partial charge in [-0.1, -0.05) is 54.1 Å². The van der Waals surface area contributed by atoms with Crippen LogP contribution in [-0.4, -0.2) is 11.9 Å². The largest absolute Gasteiger partial charge is 0.334 e. The first kappa shape index (κ1) is 20.4. The molecule has 6 nitrogen and oxygen atoms in total. The first-order chi connectivity index (χ1) is 14.0. The van der Waals surface area contributed by atoms with Crippen LogP contribution in [-0.2, 0) is 13.1 Å². The Labute approximate surface area is 174 Å². The van der Waals surface area contributed by atoms with E-state index in [1.807, 2.05) is 42.5 Å². The molecule has 0 saturated carbocycles. The van der Waals surface area contributed by atoms with Crippen LogP contribution >= 0.6 is 11.6 Å². The van der Waals surface area contributed by atoms with Crippen molar-refractivity contribution in [3.63, 3.8) is 0 Å². The third-order valence-electron chi connectivity index (χ3n) is 4.13. The van der Waals surface area contributed by atoms with E-state index in [1.54, 1.807) is 24.3 Å². The van der Waals surface area contributed by atoms with Gasteiger partial charge >= 0.3 is 6.03 Å². The standard InChI is InChI=1S/C22H21ClN4O2/c23-18-10-17(21(28)26-19-8-4-7-16(9-19)13-24)11-20(12-18)27-22(29)25-14-15-5-2-1-3-6-15/h1-12H,13-14,24H2,(H,26,28)(H2,25,27,29). The van der Waals surface area contributed by atoms with E-state index in [1.165, 1.54) is 6.07 Å². The Morgan fingerprint density at radius 3 is 2.34 bits per heavy atom. The summed E-state index contributed by atoms with van der Waals surface area (Å²) in [5, 5.41) is 8.61. The Bertz CT molecular complexity index is 1010. The zero-order valence-corrected chi connectivity index (χ0v) is 16.4. The van der Waals surface area contributed by atoms with Crippen molar-refractivity contribution >= 4 is 34.9 Å². The zero-order valence-electron chi connectivity index (χ0n) is 15.6. The average Bonchev–Trinajstić information content (AvgIpc) is 2.72. The Morgan fingerprint density at radius 1 is 0.828 bits per heavy atom. The fourth-order valence-corrected chi connectivity index (χ4v) is 2.96. The summed E-state index contributed by atoms with van der Waals surface area (Å²) in [6.07, 6.45) is 0. The molecule has 0 bridgehead atoms. The molecule has 0 heterocycles. The Kier molecular flexibility index (Phi) is 6.84. The molecule has 148 valence electrons. The van der Waals surface area contributed by atoms with Gasteiger partial charge in [0.15, 0.2) is 0 Å². The average molecular weight is 409 g/mol. The lowest BCUT2D eigenvalue weighted by atomic mass is 10.1. The van der Waals surface area contributed by atoms with Crippen molar-refractivity contribution in [2.45, 2.75) is 13.1 Å².